The summed E-state index contributed by atoms with van der Waals surface area (Å²) in [5.41, 5.74) is -2.08. The van der Waals surface area contributed by atoms with E-state index < -0.39 is 123 Å². The van der Waals surface area contributed by atoms with Gasteiger partial charge in [0.05, 0.1) is 22.9 Å². The molecule has 0 aliphatic carbocycles. The van der Waals surface area contributed by atoms with Crippen molar-refractivity contribution in [2.24, 2.45) is 51.3 Å². The first-order valence-corrected chi connectivity index (χ1v) is 49.2. The number of cyclic esters (lactones) is 2. The molecule has 1 unspecified atom stereocenters. The van der Waals surface area contributed by atoms with E-state index >= 15 is 0 Å². The van der Waals surface area contributed by atoms with Crippen molar-refractivity contribution in [2.45, 2.75) is 315 Å². The Balaban J connectivity index is 0.000000556. The molecule has 3 aliphatic rings. The fourth-order valence-corrected chi connectivity index (χ4v) is 24.6. The van der Waals surface area contributed by atoms with Crippen molar-refractivity contribution in [1.82, 2.24) is 4.98 Å². The minimum atomic E-state index is -4.61. The van der Waals surface area contributed by atoms with Crippen LogP contribution >= 0.6 is 40.3 Å². The van der Waals surface area contributed by atoms with Crippen LogP contribution < -0.4 is 0 Å². The number of rotatable bonds is 18. The molecule has 0 bridgehead atoms. The Morgan fingerprint density at radius 2 is 1.04 bits per heavy atom. The number of allylic oxidation sites excluding steroid dienone is 4. The number of ether oxygens (including phenoxy) is 2. The van der Waals surface area contributed by atoms with Gasteiger partial charge in [-0.2, -0.15) is 26.3 Å². The third kappa shape index (κ3) is 29.7. The van der Waals surface area contributed by atoms with E-state index in [2.05, 4.69) is 100 Å². The van der Waals surface area contributed by atoms with Gasteiger partial charge in [-0.25, -0.2) is 4.98 Å². The van der Waals surface area contributed by atoms with Crippen LogP contribution in [0.2, 0.25) is 36.3 Å². The molecular formula is C80H134ClF6N2O9PS2Si2. The SMILES string of the molecule is C/C(=C\c1csc(C)n1)[C@@H]1C/C=C(/C(F)(F)F)C/C=C/[C@H](C)[C@H](O[Si](C)(C)C(C)(C)C)[C@@H](C)C(=O)C(C)(C)[C@@H](C)CC(=O)O1.CC(=O)[C@@H]1C/C=C(/C(F)(F)F)C/C=C/[C@H](C)[C@H](O[Si](C)(C)C(C)(C)C)[C@@H](C)C(=O)C(C)(C)[C@@H](C)CC(=O)O1.CCCCP(Cl)(CCCC)(CCCC)CC1CSC(C)=N1. The van der Waals surface area contributed by atoms with E-state index in [0.717, 1.165) is 17.2 Å². The predicted octanol–water partition coefficient (Wildman–Crippen LogP) is 24.1. The van der Waals surface area contributed by atoms with E-state index in [0.29, 0.717) is 17.3 Å². The van der Waals surface area contributed by atoms with Crippen molar-refractivity contribution < 1.29 is 68.6 Å². The summed E-state index contributed by atoms with van der Waals surface area (Å²) in [4.78, 5) is 75.3. The monoisotopic (exact) mass is 1570 g/mol. The number of unbranched alkanes of at least 4 members (excludes halogenated alkanes) is 3. The molecule has 1 aromatic heterocycles. The molecule has 1 aromatic rings. The van der Waals surface area contributed by atoms with Crippen molar-refractivity contribution in [3.05, 3.63) is 69.3 Å². The maximum absolute atomic E-state index is 14.2. The zero-order valence-corrected chi connectivity index (χ0v) is 73.3. The number of carbonyl (C=O) groups is 5. The molecule has 0 saturated heterocycles. The number of ketones is 3. The van der Waals surface area contributed by atoms with Gasteiger partial charge in [-0.15, -0.1) is 11.3 Å². The van der Waals surface area contributed by atoms with Gasteiger partial charge in [-0.3, -0.25) is 24.0 Å². The number of aliphatic imine (C=N–C) groups is 1. The Hall–Kier alpha value is -3.05. The second-order valence-corrected chi connectivity index (χ2v) is 54.2. The van der Waals surface area contributed by atoms with Crippen molar-refractivity contribution >= 4 is 97.3 Å². The predicted molar refractivity (Wildman–Crippen MR) is 428 cm³/mol. The number of carbonyl (C=O) groups excluding carboxylic acids is 5. The van der Waals surface area contributed by atoms with Gasteiger partial charge < -0.3 is 18.3 Å². The molecule has 103 heavy (non-hydrogen) atoms. The van der Waals surface area contributed by atoms with Gasteiger partial charge in [0.2, 0.25) is 0 Å². The third-order valence-corrected chi connectivity index (χ3v) is 41.1. The Morgan fingerprint density at radius 1 is 0.660 bits per heavy atom. The van der Waals surface area contributed by atoms with Crippen molar-refractivity contribution in [2.75, 3.05) is 30.4 Å². The number of aromatic nitrogens is 1. The first kappa shape index (κ1) is 96.0. The number of thiazole rings is 1. The van der Waals surface area contributed by atoms with E-state index in [1.54, 1.807) is 52.8 Å². The fraction of sp³-hybridized carbons (Fsp3) is 0.762. The normalized spacial score (nSPS) is 28.3. The number of nitrogens with zero attached hydrogens (tertiary/aromatic N) is 2. The number of esters is 2. The van der Waals surface area contributed by atoms with E-state index in [1.165, 1.54) is 104 Å². The molecule has 11 atom stereocenters. The molecule has 23 heteroatoms. The van der Waals surface area contributed by atoms with Crippen LogP contribution in [0.1, 0.15) is 240 Å². The summed E-state index contributed by atoms with van der Waals surface area (Å²) in [6.07, 6.45) is 9.05. The number of halogens is 7. The molecule has 592 valence electrons. The van der Waals surface area contributed by atoms with Gasteiger partial charge in [-0.05, 0) is 105 Å². The molecule has 0 saturated carbocycles. The van der Waals surface area contributed by atoms with E-state index in [1.807, 2.05) is 65.6 Å². The maximum atomic E-state index is 14.2. The van der Waals surface area contributed by atoms with E-state index in [4.69, 9.17) is 34.6 Å². The second kappa shape index (κ2) is 40.1. The van der Waals surface area contributed by atoms with Gasteiger partial charge in [-0.1, -0.05) is 147 Å². The van der Waals surface area contributed by atoms with Gasteiger partial charge in [0.15, 0.2) is 28.5 Å². The summed E-state index contributed by atoms with van der Waals surface area (Å²) in [6, 6.07) is 0.496. The summed E-state index contributed by atoms with van der Waals surface area (Å²) in [5, 5.41) is 3.70. The quantitative estimate of drug-likeness (QED) is 0.0455. The second-order valence-electron chi connectivity index (χ2n) is 34.1. The van der Waals surface area contributed by atoms with Crippen LogP contribution in [0.15, 0.2) is 63.5 Å². The fourth-order valence-electron chi connectivity index (χ4n) is 12.7. The average molecular weight is 1570 g/mol. The van der Waals surface area contributed by atoms with E-state index in [9.17, 15) is 50.3 Å². The minimum absolute atomic E-state index is 0.0451. The molecular weight excluding hydrogens is 1430 g/mol. The van der Waals surface area contributed by atoms with Crippen LogP contribution in [0, 0.1) is 53.3 Å². The first-order valence-electron chi connectivity index (χ1n) is 37.6. The molecule has 4 heterocycles. The van der Waals surface area contributed by atoms with Crippen LogP contribution in [-0.2, 0) is 42.3 Å². The summed E-state index contributed by atoms with van der Waals surface area (Å²) < 4.78 is 108. The molecule has 0 aromatic carbocycles. The molecule has 0 amide bonds. The van der Waals surface area contributed by atoms with Crippen LogP contribution in [0.25, 0.3) is 6.08 Å². The molecule has 4 rings (SSSR count). The zero-order valence-electron chi connectivity index (χ0n) is 68.0. The Labute approximate surface area is 633 Å². The van der Waals surface area contributed by atoms with Crippen LogP contribution in [0.5, 0.6) is 0 Å². The van der Waals surface area contributed by atoms with Gasteiger partial charge in [0, 0.05) is 64.9 Å². The molecule has 3 aliphatic heterocycles. The molecule has 0 spiro atoms. The average Bonchev–Trinajstić information content (AvgIpc) is 1.39. The zero-order chi connectivity index (χ0) is 79.5. The summed E-state index contributed by atoms with van der Waals surface area (Å²) in [7, 11) is -4.70. The molecule has 0 radical (unpaired) electrons. The number of Topliss-reactive ketones (excluding diaryl/α,β-unsaturated/α-hetero) is 3. The molecule has 0 fully saturated rings. The van der Waals surface area contributed by atoms with Crippen molar-refractivity contribution in [3.8, 4) is 0 Å². The summed E-state index contributed by atoms with van der Waals surface area (Å²) >= 11 is 11.0. The van der Waals surface area contributed by atoms with Gasteiger partial charge in [0.1, 0.15) is 17.7 Å². The molecule has 0 N–H and O–H groups in total. The number of alkyl halides is 6. The van der Waals surface area contributed by atoms with Crippen molar-refractivity contribution in [1.29, 1.82) is 0 Å². The standard InChI is InChI=1S/C34H52F3NO4SSi.C29H47F3O5Si.C17H35ClNPS/c1-21-14-13-15-26(34(35,36)37)16-17-28(22(2)18-27-20-43-25(5)38-27)41-29(39)19-23(3)33(9,10)31(40)24(4)30(21)42-44(11,12)32(6,7)8;1-18-13-12-14-22(29(30,31)32)15-16-23(21(4)33)36-24(34)17-19(2)28(8,9)26(35)20(3)25(18)37-38(10,11)27(5,6)7;1-5-8-11-20(18,12-9-6-2,13-10-7-3)14-17-15-21-16(4)19-17/h13-14,16,18,20-21,23-24,28,30H,15,17,19H2,1-12H3;12-13,15,18-20,23,25H,14,16-17H2,1-11H3;17H,5-15H2,1-4H3/b14-13+,22-18+,26-16+;13-12+,22-15+;/t21-,23-,24+,28-,30-;18-,19-,20+,23-,25-;/m00./s1. The van der Waals surface area contributed by atoms with Crippen molar-refractivity contribution in [3.63, 3.8) is 0 Å². The van der Waals surface area contributed by atoms with Gasteiger partial charge >= 0.3 is 166 Å². The first-order chi connectivity index (χ1) is 46.9. The topological polar surface area (TPSA) is 148 Å². The third-order valence-electron chi connectivity index (χ3n) is 22.7. The Kier molecular flexibility index (Phi) is 37.3. The van der Waals surface area contributed by atoms with Crippen LogP contribution in [-0.4, -0.2) is 129 Å². The van der Waals surface area contributed by atoms with Crippen LogP contribution in [0.3, 0.4) is 0 Å². The molecule has 11 nitrogen and oxygen atoms in total. The van der Waals surface area contributed by atoms with Gasteiger partial charge in [0.25, 0.3) is 0 Å². The van der Waals surface area contributed by atoms with Crippen LogP contribution in [0.4, 0.5) is 26.3 Å². The number of hydrogen-bond acceptors (Lipinski definition) is 13. The Morgan fingerprint density at radius 3 is 1.36 bits per heavy atom. The van der Waals surface area contributed by atoms with E-state index in [-0.39, 0.29) is 71.5 Å². The number of thioether (sulfide) groups is 1. The summed E-state index contributed by atoms with van der Waals surface area (Å²) in [6.45, 7) is 53.1. The number of aryl methyl sites for hydroxylation is 1. The Bertz CT molecular complexity index is 3120. The summed E-state index contributed by atoms with van der Waals surface area (Å²) in [5.74, 6) is -5.49. The number of hydrogen-bond donors (Lipinski definition) is 0.